The minimum absolute atomic E-state index is 0.0688. The predicted molar refractivity (Wildman–Crippen MR) is 148 cm³/mol. The molecule has 35 heavy (non-hydrogen) atoms. The van der Waals surface area contributed by atoms with E-state index in [1.807, 2.05) is 49.5 Å². The van der Waals surface area contributed by atoms with E-state index in [4.69, 9.17) is 13.6 Å². The van der Waals surface area contributed by atoms with Gasteiger partial charge in [0.05, 0.1) is 5.56 Å². The maximum atomic E-state index is 13.2. The number of rotatable bonds is 5. The monoisotopic (exact) mass is 510 g/mol. The van der Waals surface area contributed by atoms with Gasteiger partial charge in [-0.25, -0.2) is 4.79 Å². The van der Waals surface area contributed by atoms with Gasteiger partial charge in [0.2, 0.25) is 8.32 Å². The SMILES string of the molecule is CC(C)(Cc1ccc2c(c1)OCc1c-2c(=O)oc2cc(O[Si](C)(C)C(C)(C)C)ccc12)[Si](C)(C)O. The molecule has 7 heteroatoms. The molecule has 1 aliphatic heterocycles. The maximum absolute atomic E-state index is 13.2. The fraction of sp³-hybridized carbons (Fsp3) is 0.464. The summed E-state index contributed by atoms with van der Waals surface area (Å²) in [4.78, 5) is 23.8. The Morgan fingerprint density at radius 2 is 1.69 bits per heavy atom. The molecule has 4 rings (SSSR count). The topological polar surface area (TPSA) is 68.9 Å². The molecule has 0 saturated heterocycles. The Balaban J connectivity index is 1.73. The Hall–Kier alpha value is -2.36. The lowest BCUT2D eigenvalue weighted by molar-refractivity contribution is 0.301. The van der Waals surface area contributed by atoms with Crippen molar-refractivity contribution in [3.05, 3.63) is 57.9 Å². The van der Waals surface area contributed by atoms with Gasteiger partial charge in [-0.05, 0) is 66.4 Å². The lowest BCUT2D eigenvalue weighted by Crippen LogP contribution is -2.43. The van der Waals surface area contributed by atoms with E-state index in [2.05, 4.69) is 47.7 Å². The van der Waals surface area contributed by atoms with Crippen LogP contribution in [-0.4, -0.2) is 21.4 Å². The first kappa shape index (κ1) is 25.7. The fourth-order valence-corrected chi connectivity index (χ4v) is 5.72. The van der Waals surface area contributed by atoms with Crippen LogP contribution in [0, 0.1) is 0 Å². The highest BCUT2D eigenvalue weighted by Gasteiger charge is 2.39. The van der Waals surface area contributed by atoms with Gasteiger partial charge in [0.1, 0.15) is 23.7 Å². The summed E-state index contributed by atoms with van der Waals surface area (Å²) in [6.45, 7) is 19.5. The summed E-state index contributed by atoms with van der Waals surface area (Å²) in [5.74, 6) is 1.42. The highest BCUT2D eigenvalue weighted by molar-refractivity contribution is 6.74. The van der Waals surface area contributed by atoms with Gasteiger partial charge in [-0.2, -0.15) is 0 Å². The van der Waals surface area contributed by atoms with Crippen molar-refractivity contribution < 1.29 is 18.4 Å². The molecular weight excluding hydrogens is 472 g/mol. The number of fused-ring (bicyclic) bond motifs is 5. The van der Waals surface area contributed by atoms with Crippen molar-refractivity contribution in [2.75, 3.05) is 0 Å². The van der Waals surface area contributed by atoms with Crippen molar-refractivity contribution in [2.24, 2.45) is 0 Å². The van der Waals surface area contributed by atoms with Gasteiger partial charge in [0, 0.05) is 22.6 Å². The molecule has 0 unspecified atom stereocenters. The average molecular weight is 511 g/mol. The van der Waals surface area contributed by atoms with Crippen LogP contribution in [0.5, 0.6) is 11.5 Å². The normalized spacial score (nSPS) is 14.3. The van der Waals surface area contributed by atoms with Crippen LogP contribution >= 0.6 is 0 Å². The molecule has 3 aromatic rings. The zero-order chi connectivity index (χ0) is 26.0. The molecule has 188 valence electrons. The van der Waals surface area contributed by atoms with Gasteiger partial charge in [0.25, 0.3) is 0 Å². The van der Waals surface area contributed by atoms with Gasteiger partial charge < -0.3 is 18.4 Å². The van der Waals surface area contributed by atoms with Crippen LogP contribution in [0.15, 0.2) is 45.6 Å². The van der Waals surface area contributed by atoms with Crippen LogP contribution in [0.4, 0.5) is 0 Å². The van der Waals surface area contributed by atoms with Crippen LogP contribution in [0.3, 0.4) is 0 Å². The van der Waals surface area contributed by atoms with Crippen molar-refractivity contribution >= 4 is 27.6 Å². The second-order valence-corrected chi connectivity index (χ2v) is 21.7. The van der Waals surface area contributed by atoms with E-state index in [1.54, 1.807) is 0 Å². The molecule has 0 spiro atoms. The molecule has 2 heterocycles. The minimum atomic E-state index is -2.34. The summed E-state index contributed by atoms with van der Waals surface area (Å²) in [6, 6.07) is 11.7. The summed E-state index contributed by atoms with van der Waals surface area (Å²) >= 11 is 0. The molecule has 1 N–H and O–H groups in total. The van der Waals surface area contributed by atoms with E-state index in [0.29, 0.717) is 23.5 Å². The fourth-order valence-electron chi connectivity index (χ4n) is 4.06. The molecule has 0 bridgehead atoms. The zero-order valence-electron chi connectivity index (χ0n) is 22.5. The van der Waals surface area contributed by atoms with Gasteiger partial charge in [-0.1, -0.05) is 46.8 Å². The third kappa shape index (κ3) is 4.73. The summed E-state index contributed by atoms with van der Waals surface area (Å²) < 4.78 is 18.4. The lowest BCUT2D eigenvalue weighted by atomic mass is 9.93. The van der Waals surface area contributed by atoms with Crippen molar-refractivity contribution in [1.29, 1.82) is 0 Å². The number of ether oxygens (including phenoxy) is 1. The van der Waals surface area contributed by atoms with E-state index >= 15 is 0 Å². The van der Waals surface area contributed by atoms with Gasteiger partial charge in [0.15, 0.2) is 8.32 Å². The van der Waals surface area contributed by atoms with Crippen molar-refractivity contribution in [3.8, 4) is 22.6 Å². The summed E-state index contributed by atoms with van der Waals surface area (Å²) in [7, 11) is -4.36. The summed E-state index contributed by atoms with van der Waals surface area (Å²) in [5.41, 5.74) is 3.41. The Morgan fingerprint density at radius 1 is 1.00 bits per heavy atom. The van der Waals surface area contributed by atoms with Gasteiger partial charge in [-0.3, -0.25) is 0 Å². The molecule has 0 fully saturated rings. The smallest absolute Gasteiger partial charge is 0.344 e. The van der Waals surface area contributed by atoms with Crippen LogP contribution in [0.25, 0.3) is 22.1 Å². The second-order valence-electron chi connectivity index (χ2n) is 12.5. The standard InChI is InChI=1S/C28H38O5Si2/c1-27(2,3)35(8,9)33-19-11-13-20-22-17-31-23-14-18(16-28(4,5)34(6,7)30)10-12-21(23)25(22)26(29)32-24(20)15-19/h10-15,30H,16-17H2,1-9H3. The van der Waals surface area contributed by atoms with E-state index in [0.717, 1.165) is 34.2 Å². The van der Waals surface area contributed by atoms with E-state index in [9.17, 15) is 9.59 Å². The van der Waals surface area contributed by atoms with Crippen LogP contribution < -0.4 is 14.8 Å². The van der Waals surface area contributed by atoms with E-state index < -0.39 is 16.6 Å². The first-order valence-corrected chi connectivity index (χ1v) is 18.1. The summed E-state index contributed by atoms with van der Waals surface area (Å²) in [6.07, 6.45) is 0.746. The molecule has 1 aliphatic rings. The largest absolute Gasteiger partial charge is 0.543 e. The first-order chi connectivity index (χ1) is 16.0. The van der Waals surface area contributed by atoms with Gasteiger partial charge in [-0.15, -0.1) is 0 Å². The van der Waals surface area contributed by atoms with Crippen molar-refractivity contribution in [3.63, 3.8) is 0 Å². The molecule has 0 aliphatic carbocycles. The second kappa shape index (κ2) is 8.35. The Bertz CT molecular complexity index is 1340. The summed E-state index contributed by atoms with van der Waals surface area (Å²) in [5, 5.41) is 0.748. The lowest BCUT2D eigenvalue weighted by Gasteiger charge is -2.36. The third-order valence-electron chi connectivity index (χ3n) is 8.16. The third-order valence-corrected chi connectivity index (χ3v) is 16.0. The molecule has 0 saturated carbocycles. The quantitative estimate of drug-likeness (QED) is 0.289. The highest BCUT2D eigenvalue weighted by atomic mass is 28.4. The highest BCUT2D eigenvalue weighted by Crippen LogP contribution is 2.43. The zero-order valence-corrected chi connectivity index (χ0v) is 24.5. The van der Waals surface area contributed by atoms with Crippen LogP contribution in [0.2, 0.25) is 36.3 Å². The first-order valence-electron chi connectivity index (χ1n) is 12.3. The van der Waals surface area contributed by atoms with Crippen LogP contribution in [-0.2, 0) is 13.0 Å². The van der Waals surface area contributed by atoms with Crippen molar-refractivity contribution in [2.45, 2.75) is 83.9 Å². The number of benzene rings is 2. The average Bonchev–Trinajstić information content (AvgIpc) is 2.70. The minimum Gasteiger partial charge on any atom is -0.543 e. The molecule has 0 amide bonds. The Morgan fingerprint density at radius 3 is 2.31 bits per heavy atom. The number of hydrogen-bond acceptors (Lipinski definition) is 5. The maximum Gasteiger partial charge on any atom is 0.344 e. The van der Waals surface area contributed by atoms with Crippen molar-refractivity contribution in [1.82, 2.24) is 0 Å². The molecule has 2 aromatic carbocycles. The molecule has 0 atom stereocenters. The predicted octanol–water partition coefficient (Wildman–Crippen LogP) is 7.26. The van der Waals surface area contributed by atoms with E-state index in [-0.39, 0.29) is 15.7 Å². The molecule has 1 aromatic heterocycles. The molecule has 5 nitrogen and oxygen atoms in total. The molecule has 0 radical (unpaired) electrons. The van der Waals surface area contributed by atoms with Gasteiger partial charge >= 0.3 is 5.63 Å². The number of hydrogen-bond donors (Lipinski definition) is 1. The van der Waals surface area contributed by atoms with E-state index in [1.165, 1.54) is 0 Å². The Kier molecular flexibility index (Phi) is 6.14. The Labute approximate surface area is 210 Å². The van der Waals surface area contributed by atoms with Crippen LogP contribution in [0.1, 0.15) is 45.7 Å². The molecular formula is C28H38O5Si2.